The van der Waals surface area contributed by atoms with Crippen molar-refractivity contribution in [3.8, 4) is 0 Å². The molecule has 1 N–H and O–H groups in total. The molecule has 1 aliphatic heterocycles. The fourth-order valence-electron chi connectivity index (χ4n) is 2.49. The van der Waals surface area contributed by atoms with Gasteiger partial charge >= 0.3 is 0 Å². The molecule has 0 aromatic rings. The molecule has 2 rings (SSSR count). The van der Waals surface area contributed by atoms with Crippen LogP contribution in [0.1, 0.15) is 27.2 Å². The van der Waals surface area contributed by atoms with E-state index in [-0.39, 0.29) is 0 Å². The Kier molecular flexibility index (Phi) is 2.36. The topological polar surface area (TPSA) is 15.3 Å². The smallest absolute Gasteiger partial charge is 0.0913 e. The highest BCUT2D eigenvalue weighted by Crippen LogP contribution is 2.31. The first kappa shape index (κ1) is 9.38. The molecule has 0 bridgehead atoms. The molecule has 14 heavy (non-hydrogen) atoms. The number of rotatable bonds is 1. The molecular weight excluding hydrogens is 172 g/mol. The lowest BCUT2D eigenvalue weighted by Crippen LogP contribution is -2.26. The van der Waals surface area contributed by atoms with E-state index in [1.807, 2.05) is 6.20 Å². The molecule has 0 amide bonds. The second kappa shape index (κ2) is 3.52. The predicted molar refractivity (Wildman–Crippen MR) is 59.2 cm³/mol. The zero-order chi connectivity index (χ0) is 10.1. The van der Waals surface area contributed by atoms with Crippen LogP contribution >= 0.6 is 0 Å². The van der Waals surface area contributed by atoms with Crippen molar-refractivity contribution in [2.75, 3.05) is 6.67 Å². The monoisotopic (exact) mass is 190 g/mol. The lowest BCUT2D eigenvalue weighted by atomic mass is 9.89. The van der Waals surface area contributed by atoms with Crippen LogP contribution < -0.4 is 5.32 Å². The summed E-state index contributed by atoms with van der Waals surface area (Å²) in [4.78, 5) is 2.31. The van der Waals surface area contributed by atoms with Crippen molar-refractivity contribution >= 4 is 0 Å². The molecule has 76 valence electrons. The molecule has 0 aromatic carbocycles. The van der Waals surface area contributed by atoms with Crippen LogP contribution in [-0.2, 0) is 0 Å². The lowest BCUT2D eigenvalue weighted by Gasteiger charge is -2.30. The fraction of sp³-hybridized carbons (Fsp3) is 0.500. The van der Waals surface area contributed by atoms with Crippen molar-refractivity contribution in [3.05, 3.63) is 35.3 Å². The molecule has 0 fully saturated rings. The van der Waals surface area contributed by atoms with E-state index in [0.29, 0.717) is 5.92 Å². The van der Waals surface area contributed by atoms with Gasteiger partial charge in [-0.2, -0.15) is 0 Å². The minimum Gasteiger partial charge on any atom is -0.372 e. The second-order valence-corrected chi connectivity index (χ2v) is 4.31. The highest BCUT2D eigenvalue weighted by atomic mass is 15.3. The Morgan fingerprint density at radius 2 is 2.21 bits per heavy atom. The zero-order valence-corrected chi connectivity index (χ0v) is 9.17. The number of allylic oxidation sites excluding steroid dienone is 4. The molecular formula is C12H18N2. The molecule has 0 saturated carbocycles. The van der Waals surface area contributed by atoms with E-state index in [1.165, 1.54) is 23.3 Å². The van der Waals surface area contributed by atoms with Gasteiger partial charge in [0.2, 0.25) is 0 Å². The highest BCUT2D eigenvalue weighted by Gasteiger charge is 2.21. The largest absolute Gasteiger partial charge is 0.372 e. The van der Waals surface area contributed by atoms with Crippen molar-refractivity contribution in [1.29, 1.82) is 0 Å². The molecule has 2 aliphatic rings. The van der Waals surface area contributed by atoms with Gasteiger partial charge in [0.15, 0.2) is 0 Å². The average Bonchev–Trinajstić information content (AvgIpc) is 2.54. The molecule has 0 spiro atoms. The molecule has 0 unspecified atom stereocenters. The first-order valence-electron chi connectivity index (χ1n) is 5.23. The van der Waals surface area contributed by atoms with Gasteiger partial charge in [0.1, 0.15) is 0 Å². The summed E-state index contributed by atoms with van der Waals surface area (Å²) in [6, 6.07) is 0. The van der Waals surface area contributed by atoms with Crippen molar-refractivity contribution in [2.24, 2.45) is 5.92 Å². The fourth-order valence-corrected chi connectivity index (χ4v) is 2.49. The summed E-state index contributed by atoms with van der Waals surface area (Å²) in [5.41, 5.74) is 4.38. The average molecular weight is 190 g/mol. The van der Waals surface area contributed by atoms with E-state index in [2.05, 4.69) is 43.3 Å². The Morgan fingerprint density at radius 3 is 2.79 bits per heavy atom. The van der Waals surface area contributed by atoms with Crippen molar-refractivity contribution < 1.29 is 0 Å². The van der Waals surface area contributed by atoms with Gasteiger partial charge in [0, 0.05) is 24.0 Å². The highest BCUT2D eigenvalue weighted by molar-refractivity contribution is 5.33. The van der Waals surface area contributed by atoms with Gasteiger partial charge in [-0.3, -0.25) is 0 Å². The standard InChI is InChI=1S/C12H18N2/c1-9-6-10(2)12(11(3)7-9)14-5-4-13-8-14/h4-6,11,13H,7-8H2,1-3H3/t11-/m0/s1. The Hall–Kier alpha value is -1.18. The minimum atomic E-state index is 0.643. The van der Waals surface area contributed by atoms with Gasteiger partial charge in [-0.15, -0.1) is 0 Å². The molecule has 0 aromatic heterocycles. The van der Waals surface area contributed by atoms with Crippen LogP contribution in [0.15, 0.2) is 35.3 Å². The van der Waals surface area contributed by atoms with Gasteiger partial charge in [0.05, 0.1) is 6.67 Å². The third-order valence-corrected chi connectivity index (χ3v) is 2.91. The number of hydrogen-bond donors (Lipinski definition) is 1. The van der Waals surface area contributed by atoms with Gasteiger partial charge in [-0.1, -0.05) is 18.6 Å². The molecule has 1 atom stereocenters. The Bertz CT molecular complexity index is 323. The maximum Gasteiger partial charge on any atom is 0.0913 e. The van der Waals surface area contributed by atoms with Crippen molar-refractivity contribution in [2.45, 2.75) is 27.2 Å². The van der Waals surface area contributed by atoms with Gasteiger partial charge < -0.3 is 10.2 Å². The van der Waals surface area contributed by atoms with E-state index in [0.717, 1.165) is 6.67 Å². The van der Waals surface area contributed by atoms with Crippen LogP contribution in [0.2, 0.25) is 0 Å². The normalized spacial score (nSPS) is 26.6. The van der Waals surface area contributed by atoms with Gasteiger partial charge in [-0.25, -0.2) is 0 Å². The molecule has 0 radical (unpaired) electrons. The van der Waals surface area contributed by atoms with Crippen LogP contribution in [0, 0.1) is 5.92 Å². The van der Waals surface area contributed by atoms with E-state index in [4.69, 9.17) is 0 Å². The van der Waals surface area contributed by atoms with Crippen LogP contribution in [0.4, 0.5) is 0 Å². The Morgan fingerprint density at radius 1 is 1.43 bits per heavy atom. The van der Waals surface area contributed by atoms with Gasteiger partial charge in [-0.05, 0) is 25.8 Å². The number of nitrogens with one attached hydrogen (secondary N) is 1. The maximum absolute atomic E-state index is 3.21. The van der Waals surface area contributed by atoms with E-state index in [1.54, 1.807) is 0 Å². The van der Waals surface area contributed by atoms with E-state index < -0.39 is 0 Å². The SMILES string of the molecule is CC1=CC(C)=C(N2C=CNC2)[C@@H](C)C1. The summed E-state index contributed by atoms with van der Waals surface area (Å²) in [6.07, 6.45) is 7.64. The van der Waals surface area contributed by atoms with Crippen molar-refractivity contribution in [1.82, 2.24) is 10.2 Å². The first-order valence-corrected chi connectivity index (χ1v) is 5.23. The Labute approximate surface area is 86.0 Å². The maximum atomic E-state index is 3.21. The zero-order valence-electron chi connectivity index (χ0n) is 9.17. The van der Waals surface area contributed by atoms with E-state index in [9.17, 15) is 0 Å². The molecule has 1 heterocycles. The summed E-state index contributed by atoms with van der Waals surface area (Å²) in [6.45, 7) is 7.65. The second-order valence-electron chi connectivity index (χ2n) is 4.31. The molecule has 1 aliphatic carbocycles. The quantitative estimate of drug-likeness (QED) is 0.683. The third-order valence-electron chi connectivity index (χ3n) is 2.91. The summed E-state index contributed by atoms with van der Waals surface area (Å²) >= 11 is 0. The predicted octanol–water partition coefficient (Wildman–Crippen LogP) is 2.58. The number of hydrogen-bond acceptors (Lipinski definition) is 2. The minimum absolute atomic E-state index is 0.643. The van der Waals surface area contributed by atoms with Crippen molar-refractivity contribution in [3.63, 3.8) is 0 Å². The molecule has 2 nitrogen and oxygen atoms in total. The van der Waals surface area contributed by atoms with Gasteiger partial charge in [0.25, 0.3) is 0 Å². The summed E-state index contributed by atoms with van der Waals surface area (Å²) in [5.74, 6) is 0.643. The van der Waals surface area contributed by atoms with Crippen LogP contribution in [0.25, 0.3) is 0 Å². The Balaban J connectivity index is 2.30. The van der Waals surface area contributed by atoms with Crippen LogP contribution in [0.5, 0.6) is 0 Å². The molecule has 0 saturated heterocycles. The number of nitrogens with zero attached hydrogens (tertiary/aromatic N) is 1. The molecule has 2 heteroatoms. The van der Waals surface area contributed by atoms with Crippen LogP contribution in [0.3, 0.4) is 0 Å². The first-order chi connectivity index (χ1) is 6.68. The lowest BCUT2D eigenvalue weighted by molar-refractivity contribution is 0.404. The van der Waals surface area contributed by atoms with E-state index >= 15 is 0 Å². The summed E-state index contributed by atoms with van der Waals surface area (Å²) < 4.78 is 0. The van der Waals surface area contributed by atoms with Crippen LogP contribution in [-0.4, -0.2) is 11.6 Å². The summed E-state index contributed by atoms with van der Waals surface area (Å²) in [5, 5.41) is 3.21. The third kappa shape index (κ3) is 1.57. The summed E-state index contributed by atoms with van der Waals surface area (Å²) in [7, 11) is 0.